The molecule has 11 aromatic rings. The maximum atomic E-state index is 2.43. The predicted octanol–water partition coefficient (Wildman–Crippen LogP) is 17.0. The Balaban J connectivity index is 0.935. The molecule has 1 heterocycles. The van der Waals surface area contributed by atoms with Gasteiger partial charge in [-0.05, 0) is 140 Å². The largest absolute Gasteiger partial charge is 0.310 e. The summed E-state index contributed by atoms with van der Waals surface area (Å²) in [5.74, 6) is 0. The van der Waals surface area contributed by atoms with Crippen LogP contribution in [-0.4, -0.2) is 0 Å². The van der Waals surface area contributed by atoms with Crippen molar-refractivity contribution in [1.82, 2.24) is 0 Å². The predicted molar refractivity (Wildman–Crippen MR) is 265 cm³/mol. The van der Waals surface area contributed by atoms with E-state index in [1.807, 2.05) is 11.3 Å². The molecule has 0 saturated carbocycles. The van der Waals surface area contributed by atoms with Gasteiger partial charge in [0, 0.05) is 42.6 Å². The monoisotopic (exact) mass is 807 g/mol. The Kier molecular flexibility index (Phi) is 8.55. The van der Waals surface area contributed by atoms with Gasteiger partial charge < -0.3 is 4.90 Å². The third kappa shape index (κ3) is 5.98. The van der Waals surface area contributed by atoms with Gasteiger partial charge in [0.1, 0.15) is 0 Å². The van der Waals surface area contributed by atoms with Crippen LogP contribution in [0.15, 0.2) is 231 Å². The van der Waals surface area contributed by atoms with Crippen molar-refractivity contribution in [3.63, 3.8) is 0 Å². The summed E-state index contributed by atoms with van der Waals surface area (Å²) < 4.78 is 2.65. The van der Waals surface area contributed by atoms with Crippen molar-refractivity contribution in [2.24, 2.45) is 0 Å². The minimum Gasteiger partial charge on any atom is -0.310 e. The Hall–Kier alpha value is -7.52. The fourth-order valence-corrected chi connectivity index (χ4v) is 11.1. The van der Waals surface area contributed by atoms with Crippen LogP contribution in [0.2, 0.25) is 0 Å². The summed E-state index contributed by atoms with van der Waals surface area (Å²) in [6.07, 6.45) is 0. The molecule has 0 spiro atoms. The van der Waals surface area contributed by atoms with Crippen LogP contribution >= 0.6 is 11.3 Å². The van der Waals surface area contributed by atoms with Gasteiger partial charge in [-0.15, -0.1) is 11.3 Å². The van der Waals surface area contributed by atoms with E-state index in [4.69, 9.17) is 0 Å². The van der Waals surface area contributed by atoms with Gasteiger partial charge >= 0.3 is 0 Å². The molecule has 0 saturated heterocycles. The topological polar surface area (TPSA) is 3.24 Å². The van der Waals surface area contributed by atoms with Crippen LogP contribution < -0.4 is 4.90 Å². The van der Waals surface area contributed by atoms with Gasteiger partial charge in [0.15, 0.2) is 0 Å². The zero-order valence-electron chi connectivity index (χ0n) is 34.3. The summed E-state index contributed by atoms with van der Waals surface area (Å²) in [5.41, 5.74) is 17.0. The summed E-state index contributed by atoms with van der Waals surface area (Å²) in [6.45, 7) is 2.39. The van der Waals surface area contributed by atoms with Crippen LogP contribution in [0, 0.1) is 0 Å². The number of nitrogens with zero attached hydrogens (tertiary/aromatic N) is 1. The molecule has 1 unspecified atom stereocenters. The number of benzene rings is 10. The van der Waals surface area contributed by atoms with Gasteiger partial charge in [-0.1, -0.05) is 170 Å². The lowest BCUT2D eigenvalue weighted by Crippen LogP contribution is -2.22. The van der Waals surface area contributed by atoms with Gasteiger partial charge in [0.2, 0.25) is 0 Å². The number of hydrogen-bond donors (Lipinski definition) is 0. The van der Waals surface area contributed by atoms with Gasteiger partial charge in [-0.3, -0.25) is 0 Å². The quantitative estimate of drug-likeness (QED) is 0.155. The van der Waals surface area contributed by atoms with Crippen molar-refractivity contribution in [1.29, 1.82) is 0 Å². The maximum Gasteiger partial charge on any atom is 0.0467 e. The van der Waals surface area contributed by atoms with Crippen molar-refractivity contribution in [2.75, 3.05) is 4.90 Å². The van der Waals surface area contributed by atoms with Gasteiger partial charge in [0.25, 0.3) is 0 Å². The maximum absolute atomic E-state index is 2.43. The van der Waals surface area contributed by atoms with Gasteiger partial charge in [0.05, 0.1) is 0 Å². The molecule has 0 amide bonds. The third-order valence-electron chi connectivity index (χ3n) is 13.1. The summed E-state index contributed by atoms with van der Waals surface area (Å²) in [4.78, 5) is 2.39. The highest BCUT2D eigenvalue weighted by Crippen LogP contribution is 2.53. The van der Waals surface area contributed by atoms with E-state index in [2.05, 4.69) is 242 Å². The van der Waals surface area contributed by atoms with E-state index in [1.165, 1.54) is 92.1 Å². The van der Waals surface area contributed by atoms with Crippen molar-refractivity contribution in [3.8, 4) is 44.5 Å². The molecule has 1 atom stereocenters. The molecule has 12 rings (SSSR count). The fraction of sp³-hybridized carbons (Fsp3) is 0.0333. The molecular weight excluding hydrogens is 767 g/mol. The van der Waals surface area contributed by atoms with Crippen molar-refractivity contribution in [3.05, 3.63) is 247 Å². The van der Waals surface area contributed by atoms with E-state index in [0.29, 0.717) is 0 Å². The van der Waals surface area contributed by atoms with Crippen LogP contribution in [0.25, 0.3) is 75.5 Å². The minimum absolute atomic E-state index is 0.244. The Morgan fingerprint density at radius 2 is 0.919 bits per heavy atom. The lowest BCUT2D eigenvalue weighted by molar-refractivity contribution is 0.714. The first kappa shape index (κ1) is 36.3. The van der Waals surface area contributed by atoms with E-state index in [9.17, 15) is 0 Å². The molecule has 1 aliphatic carbocycles. The highest BCUT2D eigenvalue weighted by molar-refractivity contribution is 7.25. The van der Waals surface area contributed by atoms with Crippen LogP contribution in [0.4, 0.5) is 17.1 Å². The molecule has 62 heavy (non-hydrogen) atoms. The molecule has 0 fully saturated rings. The second-order valence-corrected chi connectivity index (χ2v) is 17.7. The van der Waals surface area contributed by atoms with Crippen LogP contribution in [0.5, 0.6) is 0 Å². The SMILES string of the molecule is CC1(c2ccccc2)c2ccccc2-c2ccc(-c3ccc(N(c4ccc(-c5ccc6c(c5)sc5ccccc56)cc4)c4cccc(-c5ccc6ccccc6c5)c4)cc3)cc21. The number of fused-ring (bicyclic) bond motifs is 7. The molecule has 1 nitrogen and oxygen atoms in total. The number of rotatable bonds is 7. The zero-order valence-corrected chi connectivity index (χ0v) is 35.1. The lowest BCUT2D eigenvalue weighted by Gasteiger charge is -2.28. The first-order valence-corrected chi connectivity index (χ1v) is 22.2. The molecular formula is C60H41NS. The van der Waals surface area contributed by atoms with Crippen molar-refractivity contribution < 1.29 is 0 Å². The Morgan fingerprint density at radius 1 is 0.339 bits per heavy atom. The number of anilines is 3. The Bertz CT molecular complexity index is 3470. The number of hydrogen-bond acceptors (Lipinski definition) is 2. The first-order chi connectivity index (χ1) is 30.6. The minimum atomic E-state index is -0.244. The molecule has 0 N–H and O–H groups in total. The molecule has 0 bridgehead atoms. The standard InChI is InChI=1S/C60H41NS/c1-60(48-15-3-2-4-16-48)56-20-9-7-18-52(56)53-34-28-46(38-57(53)60)41-24-30-49(31-25-41)61(51-17-11-14-44(37-51)45-23-22-40-12-5-6-13-43(40)36-45)50-32-26-42(27-33-50)47-29-35-55-54-19-8-10-21-58(54)62-59(55)39-47/h2-39H,1H3. The smallest absolute Gasteiger partial charge is 0.0467 e. The van der Waals surface area contributed by atoms with Crippen LogP contribution in [0.3, 0.4) is 0 Å². The van der Waals surface area contributed by atoms with Crippen LogP contribution in [-0.2, 0) is 5.41 Å². The van der Waals surface area contributed by atoms with Gasteiger partial charge in [-0.2, -0.15) is 0 Å². The van der Waals surface area contributed by atoms with E-state index in [0.717, 1.165) is 17.1 Å². The van der Waals surface area contributed by atoms with E-state index in [1.54, 1.807) is 0 Å². The van der Waals surface area contributed by atoms with Gasteiger partial charge in [-0.25, -0.2) is 0 Å². The Morgan fingerprint density at radius 3 is 1.73 bits per heavy atom. The summed E-state index contributed by atoms with van der Waals surface area (Å²) in [7, 11) is 0. The molecule has 292 valence electrons. The highest BCUT2D eigenvalue weighted by Gasteiger charge is 2.40. The second-order valence-electron chi connectivity index (χ2n) is 16.6. The molecule has 0 aliphatic heterocycles. The highest BCUT2D eigenvalue weighted by atomic mass is 32.1. The fourth-order valence-electron chi connectivity index (χ4n) is 9.91. The average Bonchev–Trinajstić information content (AvgIpc) is 3.84. The summed E-state index contributed by atoms with van der Waals surface area (Å²) >= 11 is 1.87. The Labute approximate surface area is 366 Å². The average molecular weight is 808 g/mol. The summed E-state index contributed by atoms with van der Waals surface area (Å²) in [5, 5.41) is 5.14. The normalized spacial score (nSPS) is 14.3. The molecule has 1 aromatic heterocycles. The molecule has 2 heteroatoms. The van der Waals surface area contributed by atoms with Crippen LogP contribution in [0.1, 0.15) is 23.6 Å². The lowest BCUT2D eigenvalue weighted by atomic mass is 9.74. The molecule has 0 radical (unpaired) electrons. The van der Waals surface area contributed by atoms with Crippen molar-refractivity contribution in [2.45, 2.75) is 12.3 Å². The second kappa shape index (κ2) is 14.6. The number of thiophene rings is 1. The van der Waals surface area contributed by atoms with E-state index < -0.39 is 0 Å². The van der Waals surface area contributed by atoms with E-state index >= 15 is 0 Å². The zero-order chi connectivity index (χ0) is 41.2. The van der Waals surface area contributed by atoms with E-state index in [-0.39, 0.29) is 5.41 Å². The third-order valence-corrected chi connectivity index (χ3v) is 14.3. The van der Waals surface area contributed by atoms with Crippen molar-refractivity contribution >= 4 is 59.3 Å². The first-order valence-electron chi connectivity index (χ1n) is 21.4. The molecule has 10 aromatic carbocycles. The summed E-state index contributed by atoms with van der Waals surface area (Å²) in [6, 6.07) is 85.0. The molecule has 1 aliphatic rings.